The standard InChI is InChI=1S/C53H33NS/c1-2-11-33(12-3-1)35-15-10-16-39(29-35)51-42-18-7-6-17-41(42)46-31-37(22-25-43(46)51)38-23-27-48-47(32-38)44-26-28-50-52(45-19-8-9-20-49(45)55-50)53(44)54(48)40-24-21-34-13-4-5-14-36(34)30-40/h1-32,51H. The van der Waals surface area contributed by atoms with Gasteiger partial charge in [-0.2, -0.15) is 0 Å². The van der Waals surface area contributed by atoms with E-state index in [-0.39, 0.29) is 5.92 Å². The van der Waals surface area contributed by atoms with Crippen LogP contribution in [-0.2, 0) is 0 Å². The molecule has 9 aromatic carbocycles. The Bertz CT molecular complexity index is 3330. The zero-order chi connectivity index (χ0) is 36.0. The number of hydrogen-bond donors (Lipinski definition) is 0. The Balaban J connectivity index is 1.05. The van der Waals surface area contributed by atoms with Gasteiger partial charge in [-0.25, -0.2) is 0 Å². The number of hydrogen-bond acceptors (Lipinski definition) is 1. The number of fused-ring (bicyclic) bond motifs is 11. The van der Waals surface area contributed by atoms with Crippen molar-refractivity contribution >= 4 is 64.1 Å². The van der Waals surface area contributed by atoms with E-state index in [1.54, 1.807) is 0 Å². The quantitative estimate of drug-likeness (QED) is 0.171. The second-order valence-electron chi connectivity index (χ2n) is 14.8. The van der Waals surface area contributed by atoms with Crippen LogP contribution < -0.4 is 0 Å². The number of rotatable bonds is 4. The molecular formula is C53H33NS. The minimum absolute atomic E-state index is 0.189. The zero-order valence-electron chi connectivity index (χ0n) is 29.9. The molecule has 1 nitrogen and oxygen atoms in total. The van der Waals surface area contributed by atoms with Crippen molar-refractivity contribution in [2.75, 3.05) is 0 Å². The highest BCUT2D eigenvalue weighted by Gasteiger charge is 2.30. The summed E-state index contributed by atoms with van der Waals surface area (Å²) in [7, 11) is 0. The average molecular weight is 716 g/mol. The summed E-state index contributed by atoms with van der Waals surface area (Å²) < 4.78 is 5.15. The number of nitrogens with zero attached hydrogens (tertiary/aromatic N) is 1. The van der Waals surface area contributed by atoms with Gasteiger partial charge in [0.2, 0.25) is 0 Å². The van der Waals surface area contributed by atoms with Gasteiger partial charge in [-0.1, -0.05) is 152 Å². The lowest BCUT2D eigenvalue weighted by Crippen LogP contribution is -1.99. The van der Waals surface area contributed by atoms with Gasteiger partial charge in [0.1, 0.15) is 0 Å². The molecule has 11 aromatic rings. The molecule has 0 saturated carbocycles. The molecule has 0 amide bonds. The second-order valence-corrected chi connectivity index (χ2v) is 15.9. The molecule has 2 aromatic heterocycles. The third kappa shape index (κ3) is 4.65. The van der Waals surface area contributed by atoms with Gasteiger partial charge in [-0.05, 0) is 103 Å². The first-order chi connectivity index (χ1) is 27.3. The van der Waals surface area contributed by atoms with E-state index in [1.165, 1.54) is 109 Å². The fourth-order valence-electron chi connectivity index (χ4n) is 9.35. The van der Waals surface area contributed by atoms with Crippen LogP contribution in [0.2, 0.25) is 0 Å². The van der Waals surface area contributed by atoms with Gasteiger partial charge in [0.05, 0.1) is 11.0 Å². The van der Waals surface area contributed by atoms with Crippen molar-refractivity contribution in [3.05, 3.63) is 211 Å². The molecule has 0 spiro atoms. The maximum atomic E-state index is 2.51. The first kappa shape index (κ1) is 30.7. The third-order valence-corrected chi connectivity index (χ3v) is 13.0. The molecule has 2 heteroatoms. The van der Waals surface area contributed by atoms with Gasteiger partial charge in [0.15, 0.2) is 0 Å². The van der Waals surface area contributed by atoms with Crippen molar-refractivity contribution in [1.29, 1.82) is 0 Å². The van der Waals surface area contributed by atoms with Gasteiger partial charge < -0.3 is 4.57 Å². The molecule has 1 unspecified atom stereocenters. The zero-order valence-corrected chi connectivity index (χ0v) is 30.7. The Morgan fingerprint density at radius 1 is 0.400 bits per heavy atom. The van der Waals surface area contributed by atoms with Crippen LogP contribution in [0.5, 0.6) is 0 Å². The summed E-state index contributed by atoms with van der Waals surface area (Å²) in [4.78, 5) is 0. The lowest BCUT2D eigenvalue weighted by Gasteiger charge is -2.16. The molecule has 1 atom stereocenters. The van der Waals surface area contributed by atoms with E-state index in [0.717, 1.165) is 0 Å². The largest absolute Gasteiger partial charge is 0.309 e. The van der Waals surface area contributed by atoms with Gasteiger partial charge in [0.25, 0.3) is 0 Å². The third-order valence-electron chi connectivity index (χ3n) is 11.8. The van der Waals surface area contributed by atoms with Crippen molar-refractivity contribution in [1.82, 2.24) is 4.57 Å². The topological polar surface area (TPSA) is 4.93 Å². The SMILES string of the molecule is c1ccc(-c2cccc(C3c4ccccc4-c4cc(-c5ccc6c(c5)c5ccc7sc8ccccc8c7c5n6-c5ccc6ccccc6c5)ccc43)c2)cc1. The molecule has 0 saturated heterocycles. The first-order valence-corrected chi connectivity index (χ1v) is 19.9. The molecule has 0 aliphatic heterocycles. The fourth-order valence-corrected chi connectivity index (χ4v) is 10.5. The van der Waals surface area contributed by atoms with Gasteiger partial charge >= 0.3 is 0 Å². The smallest absolute Gasteiger partial charge is 0.0634 e. The van der Waals surface area contributed by atoms with Crippen LogP contribution >= 0.6 is 11.3 Å². The minimum atomic E-state index is 0.189. The highest BCUT2D eigenvalue weighted by molar-refractivity contribution is 7.26. The predicted molar refractivity (Wildman–Crippen MR) is 235 cm³/mol. The normalized spacial score (nSPS) is 13.6. The Kier molecular flexibility index (Phi) is 6.63. The van der Waals surface area contributed by atoms with Gasteiger partial charge in [0, 0.05) is 42.6 Å². The van der Waals surface area contributed by atoms with Crippen LogP contribution in [0.15, 0.2) is 194 Å². The average Bonchev–Trinajstić information content (AvgIpc) is 3.91. The maximum absolute atomic E-state index is 2.51. The summed E-state index contributed by atoms with van der Waals surface area (Å²) in [5.74, 6) is 0.189. The Labute approximate surface area is 323 Å². The highest BCUT2D eigenvalue weighted by Crippen LogP contribution is 2.50. The van der Waals surface area contributed by atoms with Crippen LogP contribution in [0.1, 0.15) is 22.6 Å². The molecule has 2 heterocycles. The van der Waals surface area contributed by atoms with Crippen molar-refractivity contribution in [2.24, 2.45) is 0 Å². The Hall–Kier alpha value is -6.74. The first-order valence-electron chi connectivity index (χ1n) is 19.0. The second kappa shape index (κ2) is 11.9. The molecular weight excluding hydrogens is 683 g/mol. The molecule has 55 heavy (non-hydrogen) atoms. The van der Waals surface area contributed by atoms with E-state index in [9.17, 15) is 0 Å². The molecule has 256 valence electrons. The Morgan fingerprint density at radius 2 is 1.15 bits per heavy atom. The summed E-state index contributed by atoms with van der Waals surface area (Å²) in [6.45, 7) is 0. The number of benzene rings is 9. The van der Waals surface area contributed by atoms with E-state index >= 15 is 0 Å². The van der Waals surface area contributed by atoms with Crippen molar-refractivity contribution in [3.63, 3.8) is 0 Å². The monoisotopic (exact) mass is 715 g/mol. The summed E-state index contributed by atoms with van der Waals surface area (Å²) in [5.41, 5.74) is 15.4. The van der Waals surface area contributed by atoms with E-state index in [2.05, 4.69) is 199 Å². The predicted octanol–water partition coefficient (Wildman–Crippen LogP) is 14.8. The maximum Gasteiger partial charge on any atom is 0.0634 e. The van der Waals surface area contributed by atoms with Crippen LogP contribution in [-0.4, -0.2) is 4.57 Å². The van der Waals surface area contributed by atoms with Crippen molar-refractivity contribution in [2.45, 2.75) is 5.92 Å². The summed E-state index contributed by atoms with van der Waals surface area (Å²) in [6, 6.07) is 72.2. The van der Waals surface area contributed by atoms with Crippen molar-refractivity contribution < 1.29 is 0 Å². The lowest BCUT2D eigenvalue weighted by atomic mass is 9.87. The lowest BCUT2D eigenvalue weighted by molar-refractivity contribution is 1.02. The molecule has 0 N–H and O–H groups in total. The van der Waals surface area contributed by atoms with Crippen LogP contribution in [0.3, 0.4) is 0 Å². The number of thiophene rings is 1. The fraction of sp³-hybridized carbons (Fsp3) is 0.0189. The number of aromatic nitrogens is 1. The van der Waals surface area contributed by atoms with E-state index < -0.39 is 0 Å². The van der Waals surface area contributed by atoms with Crippen molar-refractivity contribution in [3.8, 4) is 39.1 Å². The minimum Gasteiger partial charge on any atom is -0.309 e. The van der Waals surface area contributed by atoms with Crippen LogP contribution in [0.4, 0.5) is 0 Å². The van der Waals surface area contributed by atoms with E-state index in [0.29, 0.717) is 0 Å². The summed E-state index contributed by atoms with van der Waals surface area (Å²) in [5, 5.41) is 7.71. The molecule has 1 aliphatic carbocycles. The molecule has 0 fully saturated rings. The highest BCUT2D eigenvalue weighted by atomic mass is 32.1. The molecule has 0 bridgehead atoms. The van der Waals surface area contributed by atoms with Crippen LogP contribution in [0, 0.1) is 0 Å². The molecule has 12 rings (SSSR count). The summed E-state index contributed by atoms with van der Waals surface area (Å²) in [6.07, 6.45) is 0. The summed E-state index contributed by atoms with van der Waals surface area (Å²) >= 11 is 1.88. The van der Waals surface area contributed by atoms with Gasteiger partial charge in [-0.3, -0.25) is 0 Å². The molecule has 1 aliphatic rings. The van der Waals surface area contributed by atoms with E-state index in [1.807, 2.05) is 11.3 Å². The van der Waals surface area contributed by atoms with Gasteiger partial charge in [-0.15, -0.1) is 11.3 Å². The molecule has 0 radical (unpaired) electrons. The Morgan fingerprint density at radius 3 is 2.09 bits per heavy atom. The van der Waals surface area contributed by atoms with E-state index in [4.69, 9.17) is 0 Å². The van der Waals surface area contributed by atoms with Crippen LogP contribution in [0.25, 0.3) is 91.8 Å².